The monoisotopic (exact) mass is 474 g/mol. The van der Waals surface area contributed by atoms with Crippen LogP contribution < -0.4 is 5.32 Å². The van der Waals surface area contributed by atoms with Gasteiger partial charge in [-0.2, -0.15) is 0 Å². The molecule has 1 heterocycles. The largest absolute Gasteiger partial charge is 0.509 e. The van der Waals surface area contributed by atoms with E-state index in [0.29, 0.717) is 12.8 Å². The third-order valence-corrected chi connectivity index (χ3v) is 4.45. The SMILES string of the molecule is CC(C)(C)OC(=O)N[C@H]1CN(C(=O)OC(C)(C)C)[C@H](CCCO)C[C@H]1OC(=O)OC(C)(C)C. The Labute approximate surface area is 197 Å². The molecule has 1 rings (SSSR count). The fraction of sp³-hybridized carbons (Fsp3) is 0.870. The van der Waals surface area contributed by atoms with Crippen molar-refractivity contribution in [2.45, 2.75) is 117 Å². The predicted molar refractivity (Wildman–Crippen MR) is 122 cm³/mol. The third kappa shape index (κ3) is 11.5. The van der Waals surface area contributed by atoms with Gasteiger partial charge in [0.1, 0.15) is 22.9 Å². The molecule has 0 radical (unpaired) electrons. The van der Waals surface area contributed by atoms with Crippen LogP contribution in [0, 0.1) is 0 Å². The number of likely N-dealkylation sites (tertiary alicyclic amines) is 1. The molecule has 33 heavy (non-hydrogen) atoms. The van der Waals surface area contributed by atoms with Gasteiger partial charge in [-0.25, -0.2) is 14.4 Å². The molecule has 0 aromatic heterocycles. The molecule has 1 saturated heterocycles. The highest BCUT2D eigenvalue weighted by atomic mass is 16.7. The second-order valence-electron chi connectivity index (χ2n) is 11.3. The van der Waals surface area contributed by atoms with Crippen molar-refractivity contribution in [1.82, 2.24) is 10.2 Å². The zero-order valence-electron chi connectivity index (χ0n) is 21.5. The van der Waals surface area contributed by atoms with E-state index in [1.807, 2.05) is 0 Å². The molecule has 2 amide bonds. The van der Waals surface area contributed by atoms with Gasteiger partial charge in [-0.3, -0.25) is 0 Å². The van der Waals surface area contributed by atoms with Gasteiger partial charge < -0.3 is 34.3 Å². The number of carbonyl (C=O) groups is 3. The van der Waals surface area contributed by atoms with Gasteiger partial charge in [-0.05, 0) is 75.2 Å². The molecule has 0 aromatic carbocycles. The summed E-state index contributed by atoms with van der Waals surface area (Å²) < 4.78 is 21.8. The van der Waals surface area contributed by atoms with Crippen LogP contribution in [-0.4, -0.2) is 76.5 Å². The molecule has 10 heteroatoms. The molecule has 0 unspecified atom stereocenters. The second kappa shape index (κ2) is 11.3. The van der Waals surface area contributed by atoms with E-state index < -0.39 is 47.3 Å². The molecule has 192 valence electrons. The van der Waals surface area contributed by atoms with Crippen LogP contribution in [0.25, 0.3) is 0 Å². The topological polar surface area (TPSA) is 124 Å². The Balaban J connectivity index is 3.14. The summed E-state index contributed by atoms with van der Waals surface area (Å²) in [6.45, 7) is 15.7. The van der Waals surface area contributed by atoms with Gasteiger partial charge in [0, 0.05) is 25.6 Å². The van der Waals surface area contributed by atoms with E-state index in [2.05, 4.69) is 5.32 Å². The zero-order valence-corrected chi connectivity index (χ0v) is 21.5. The van der Waals surface area contributed by atoms with Crippen LogP contribution in [0.3, 0.4) is 0 Å². The number of hydrogen-bond acceptors (Lipinski definition) is 8. The molecule has 1 aliphatic rings. The maximum atomic E-state index is 12.9. The number of aliphatic hydroxyl groups excluding tert-OH is 1. The third-order valence-electron chi connectivity index (χ3n) is 4.45. The first kappa shape index (κ1) is 28.8. The lowest BCUT2D eigenvalue weighted by Crippen LogP contribution is -2.61. The van der Waals surface area contributed by atoms with Crippen LogP contribution in [0.1, 0.15) is 81.6 Å². The molecule has 0 bridgehead atoms. The van der Waals surface area contributed by atoms with E-state index >= 15 is 0 Å². The van der Waals surface area contributed by atoms with Crippen LogP contribution in [-0.2, 0) is 18.9 Å². The lowest BCUT2D eigenvalue weighted by molar-refractivity contribution is -0.0634. The van der Waals surface area contributed by atoms with Crippen LogP contribution in [0.15, 0.2) is 0 Å². The molecule has 0 saturated carbocycles. The number of hydrogen-bond donors (Lipinski definition) is 2. The molecule has 0 aromatic rings. The number of aliphatic hydroxyl groups is 1. The molecule has 0 spiro atoms. The van der Waals surface area contributed by atoms with Crippen molar-refractivity contribution < 1.29 is 38.4 Å². The normalized spacial score (nSPS) is 21.8. The van der Waals surface area contributed by atoms with Gasteiger partial charge in [-0.1, -0.05) is 0 Å². The molecule has 1 aliphatic heterocycles. The number of nitrogens with zero attached hydrogens (tertiary/aromatic N) is 1. The summed E-state index contributed by atoms with van der Waals surface area (Å²) in [4.78, 5) is 39.3. The average Bonchev–Trinajstić information content (AvgIpc) is 2.56. The number of rotatable bonds is 5. The van der Waals surface area contributed by atoms with Gasteiger partial charge in [0.15, 0.2) is 0 Å². The summed E-state index contributed by atoms with van der Waals surface area (Å²) in [6, 6.07) is -1.11. The highest BCUT2D eigenvalue weighted by Crippen LogP contribution is 2.27. The minimum Gasteiger partial charge on any atom is -0.444 e. The molecular formula is C23H42N2O8. The minimum atomic E-state index is -0.866. The molecule has 1 fully saturated rings. The zero-order chi connectivity index (χ0) is 25.6. The molecule has 10 nitrogen and oxygen atoms in total. The fourth-order valence-corrected chi connectivity index (χ4v) is 3.31. The van der Waals surface area contributed by atoms with E-state index in [1.54, 1.807) is 62.3 Å². The summed E-state index contributed by atoms with van der Waals surface area (Å²) >= 11 is 0. The predicted octanol–water partition coefficient (Wildman–Crippen LogP) is 3.98. The van der Waals surface area contributed by atoms with Crippen molar-refractivity contribution in [3.63, 3.8) is 0 Å². The van der Waals surface area contributed by atoms with Crippen LogP contribution in [0.5, 0.6) is 0 Å². The summed E-state index contributed by atoms with van der Waals surface area (Å²) in [5.74, 6) is 0. The number of nitrogens with one attached hydrogen (secondary N) is 1. The number of carbonyl (C=O) groups excluding carboxylic acids is 3. The Morgan fingerprint density at radius 1 is 0.909 bits per heavy atom. The second-order valence-corrected chi connectivity index (χ2v) is 11.3. The minimum absolute atomic E-state index is 0.0394. The van der Waals surface area contributed by atoms with Gasteiger partial charge in [-0.15, -0.1) is 0 Å². The number of amides is 2. The number of ether oxygens (including phenoxy) is 4. The van der Waals surface area contributed by atoms with Gasteiger partial charge in [0.05, 0.1) is 6.04 Å². The number of piperidine rings is 1. The van der Waals surface area contributed by atoms with E-state index in [4.69, 9.17) is 18.9 Å². The Kier molecular flexibility index (Phi) is 9.83. The Bertz CT molecular complexity index is 675. The summed E-state index contributed by atoms with van der Waals surface area (Å²) in [5, 5.41) is 12.0. The summed E-state index contributed by atoms with van der Waals surface area (Å²) in [7, 11) is 0. The van der Waals surface area contributed by atoms with Crippen LogP contribution in [0.4, 0.5) is 14.4 Å². The first-order valence-corrected chi connectivity index (χ1v) is 11.4. The fourth-order valence-electron chi connectivity index (χ4n) is 3.31. The summed E-state index contributed by atoms with van der Waals surface area (Å²) in [6.07, 6.45) is -1.71. The maximum absolute atomic E-state index is 12.9. The van der Waals surface area contributed by atoms with Crippen molar-refractivity contribution in [3.8, 4) is 0 Å². The van der Waals surface area contributed by atoms with Gasteiger partial charge in [0.25, 0.3) is 0 Å². The highest BCUT2D eigenvalue weighted by Gasteiger charge is 2.43. The Hall–Kier alpha value is -2.23. The van der Waals surface area contributed by atoms with Crippen molar-refractivity contribution >= 4 is 18.3 Å². The molecule has 3 atom stereocenters. The first-order chi connectivity index (χ1) is 14.9. The molecular weight excluding hydrogens is 432 g/mol. The van der Waals surface area contributed by atoms with Crippen molar-refractivity contribution in [2.24, 2.45) is 0 Å². The standard InChI is InChI=1S/C23H42N2O8/c1-21(2,3)31-18(27)24-16-14-25(19(28)32-22(4,5)6)15(11-10-12-26)13-17(16)30-20(29)33-23(7,8)9/h15-17,26H,10-14H2,1-9H3,(H,24,27)/t15-,16+,17-/m1/s1. The maximum Gasteiger partial charge on any atom is 0.509 e. The van der Waals surface area contributed by atoms with E-state index in [-0.39, 0.29) is 25.6 Å². The van der Waals surface area contributed by atoms with Crippen LogP contribution in [0.2, 0.25) is 0 Å². The van der Waals surface area contributed by atoms with Crippen LogP contribution >= 0.6 is 0 Å². The van der Waals surface area contributed by atoms with E-state index in [0.717, 1.165) is 0 Å². The lowest BCUT2D eigenvalue weighted by Gasteiger charge is -2.43. The van der Waals surface area contributed by atoms with E-state index in [1.165, 1.54) is 4.90 Å². The smallest absolute Gasteiger partial charge is 0.444 e. The van der Waals surface area contributed by atoms with E-state index in [9.17, 15) is 19.5 Å². The average molecular weight is 475 g/mol. The quantitative estimate of drug-likeness (QED) is 0.453. The Morgan fingerprint density at radius 2 is 1.45 bits per heavy atom. The number of alkyl carbamates (subject to hydrolysis) is 1. The summed E-state index contributed by atoms with van der Waals surface area (Å²) in [5.41, 5.74) is -2.19. The lowest BCUT2D eigenvalue weighted by atomic mass is 9.92. The van der Waals surface area contributed by atoms with Gasteiger partial charge >= 0.3 is 18.3 Å². The van der Waals surface area contributed by atoms with Gasteiger partial charge in [0.2, 0.25) is 0 Å². The molecule has 0 aliphatic carbocycles. The van der Waals surface area contributed by atoms with Crippen molar-refractivity contribution in [2.75, 3.05) is 13.2 Å². The molecule has 2 N–H and O–H groups in total. The highest BCUT2D eigenvalue weighted by molar-refractivity contribution is 5.71. The first-order valence-electron chi connectivity index (χ1n) is 11.4. The Morgan fingerprint density at radius 3 is 1.94 bits per heavy atom. The van der Waals surface area contributed by atoms with Crippen molar-refractivity contribution in [3.05, 3.63) is 0 Å². The van der Waals surface area contributed by atoms with Crippen molar-refractivity contribution in [1.29, 1.82) is 0 Å².